The Hall–Kier alpha value is -3.12. The van der Waals surface area contributed by atoms with Crippen LogP contribution in [0.1, 0.15) is 17.5 Å². The summed E-state index contributed by atoms with van der Waals surface area (Å²) in [5.74, 6) is 0. The average Bonchev–Trinajstić information content (AvgIpc) is 2.73. The molecule has 26 heavy (non-hydrogen) atoms. The van der Waals surface area contributed by atoms with Gasteiger partial charge in [0.1, 0.15) is 0 Å². The molecule has 0 nitrogen and oxygen atoms in total. The van der Waals surface area contributed by atoms with Crippen LogP contribution in [0, 0.1) is 0 Å². The Kier molecular flexibility index (Phi) is 3.68. The van der Waals surface area contributed by atoms with E-state index in [4.69, 9.17) is 0 Å². The maximum atomic E-state index is 2.32. The van der Waals surface area contributed by atoms with Crippen molar-refractivity contribution in [1.82, 2.24) is 0 Å². The van der Waals surface area contributed by atoms with E-state index >= 15 is 0 Å². The fraction of sp³-hybridized carbons (Fsp3) is 0.0769. The first-order valence-electron chi connectivity index (χ1n) is 9.26. The van der Waals surface area contributed by atoms with Gasteiger partial charge in [-0.1, -0.05) is 78.9 Å². The lowest BCUT2D eigenvalue weighted by molar-refractivity contribution is 0.986. The third kappa shape index (κ3) is 2.74. The molecule has 0 heteroatoms. The lowest BCUT2D eigenvalue weighted by atomic mass is 9.92. The molecule has 4 aromatic carbocycles. The van der Waals surface area contributed by atoms with Gasteiger partial charge in [-0.25, -0.2) is 0 Å². The van der Waals surface area contributed by atoms with Gasteiger partial charge in [-0.05, 0) is 75.2 Å². The van der Waals surface area contributed by atoms with Crippen molar-refractivity contribution in [3.63, 3.8) is 0 Å². The van der Waals surface area contributed by atoms with Crippen molar-refractivity contribution in [1.29, 1.82) is 0 Å². The molecule has 1 aliphatic carbocycles. The Morgan fingerprint density at radius 2 is 1.27 bits per heavy atom. The SMILES string of the molecule is C1=Cc2cc(-c3cccc(-c4ccc5ccccc5c4)c3)ccc2CC1. The first kappa shape index (κ1) is 15.2. The maximum absolute atomic E-state index is 2.32. The minimum absolute atomic E-state index is 1.16. The van der Waals surface area contributed by atoms with Gasteiger partial charge < -0.3 is 0 Å². The predicted octanol–water partition coefficient (Wildman–Crippen LogP) is 7.13. The zero-order valence-electron chi connectivity index (χ0n) is 14.7. The summed E-state index contributed by atoms with van der Waals surface area (Å²) in [6.45, 7) is 0. The van der Waals surface area contributed by atoms with E-state index in [0.29, 0.717) is 0 Å². The highest BCUT2D eigenvalue weighted by Gasteiger charge is 2.07. The lowest BCUT2D eigenvalue weighted by Crippen LogP contribution is -1.94. The van der Waals surface area contributed by atoms with Crippen LogP contribution in [0.15, 0.2) is 91.0 Å². The normalized spacial score (nSPS) is 12.9. The van der Waals surface area contributed by atoms with Crippen LogP contribution in [0.2, 0.25) is 0 Å². The summed E-state index contributed by atoms with van der Waals surface area (Å²) in [5, 5.41) is 2.57. The van der Waals surface area contributed by atoms with E-state index < -0.39 is 0 Å². The third-order valence-corrected chi connectivity index (χ3v) is 5.30. The van der Waals surface area contributed by atoms with Crippen molar-refractivity contribution in [2.75, 3.05) is 0 Å². The molecule has 1 aliphatic rings. The van der Waals surface area contributed by atoms with Gasteiger partial charge in [0, 0.05) is 0 Å². The Morgan fingerprint density at radius 3 is 2.15 bits per heavy atom. The molecule has 0 bridgehead atoms. The van der Waals surface area contributed by atoms with Crippen molar-refractivity contribution in [2.24, 2.45) is 0 Å². The second-order valence-electron chi connectivity index (χ2n) is 7.00. The summed E-state index contributed by atoms with van der Waals surface area (Å²) in [4.78, 5) is 0. The van der Waals surface area contributed by atoms with Gasteiger partial charge in [0.2, 0.25) is 0 Å². The summed E-state index contributed by atoms with van der Waals surface area (Å²) in [6.07, 6.45) is 6.85. The van der Waals surface area contributed by atoms with Gasteiger partial charge in [0.15, 0.2) is 0 Å². The number of hydrogen-bond donors (Lipinski definition) is 0. The third-order valence-electron chi connectivity index (χ3n) is 5.30. The zero-order valence-corrected chi connectivity index (χ0v) is 14.7. The molecule has 0 atom stereocenters. The van der Waals surface area contributed by atoms with Crippen LogP contribution in [-0.4, -0.2) is 0 Å². The molecule has 0 unspecified atom stereocenters. The molecule has 0 heterocycles. The second-order valence-corrected chi connectivity index (χ2v) is 7.00. The molecule has 0 radical (unpaired) electrons. The summed E-state index contributed by atoms with van der Waals surface area (Å²) < 4.78 is 0. The minimum Gasteiger partial charge on any atom is -0.0836 e. The molecule has 5 rings (SSSR count). The first-order chi connectivity index (χ1) is 12.9. The van der Waals surface area contributed by atoms with E-state index in [1.165, 1.54) is 44.2 Å². The summed E-state index contributed by atoms with van der Waals surface area (Å²) in [7, 11) is 0. The zero-order chi connectivity index (χ0) is 17.3. The molecule has 124 valence electrons. The van der Waals surface area contributed by atoms with Crippen LogP contribution in [0.3, 0.4) is 0 Å². The monoisotopic (exact) mass is 332 g/mol. The van der Waals surface area contributed by atoms with E-state index in [2.05, 4.69) is 97.1 Å². The van der Waals surface area contributed by atoms with Crippen molar-refractivity contribution in [3.8, 4) is 22.3 Å². The number of benzene rings is 4. The van der Waals surface area contributed by atoms with Crippen molar-refractivity contribution in [3.05, 3.63) is 102 Å². The van der Waals surface area contributed by atoms with Gasteiger partial charge in [-0.2, -0.15) is 0 Å². The van der Waals surface area contributed by atoms with E-state index in [0.717, 1.165) is 12.8 Å². The first-order valence-corrected chi connectivity index (χ1v) is 9.26. The fourth-order valence-corrected chi connectivity index (χ4v) is 3.85. The molecule has 0 aliphatic heterocycles. The number of aryl methyl sites for hydroxylation is 1. The van der Waals surface area contributed by atoms with Gasteiger partial charge in [-0.15, -0.1) is 0 Å². The topological polar surface area (TPSA) is 0 Å². The van der Waals surface area contributed by atoms with Crippen molar-refractivity contribution < 1.29 is 0 Å². The second kappa shape index (κ2) is 6.31. The summed E-state index contributed by atoms with van der Waals surface area (Å²) in [6, 6.07) is 31.0. The van der Waals surface area contributed by atoms with Crippen LogP contribution in [0.4, 0.5) is 0 Å². The Balaban J connectivity index is 1.57. The highest BCUT2D eigenvalue weighted by atomic mass is 14.1. The molecule has 0 aromatic heterocycles. The molecule has 0 fully saturated rings. The Labute approximate surface area is 154 Å². The summed E-state index contributed by atoms with van der Waals surface area (Å²) in [5.41, 5.74) is 7.92. The van der Waals surface area contributed by atoms with E-state index in [1.54, 1.807) is 0 Å². The van der Waals surface area contributed by atoms with Crippen LogP contribution in [-0.2, 0) is 6.42 Å². The number of hydrogen-bond acceptors (Lipinski definition) is 0. The average molecular weight is 332 g/mol. The summed E-state index contributed by atoms with van der Waals surface area (Å²) >= 11 is 0. The van der Waals surface area contributed by atoms with Crippen LogP contribution < -0.4 is 0 Å². The van der Waals surface area contributed by atoms with Crippen molar-refractivity contribution >= 4 is 16.8 Å². The molecular weight excluding hydrogens is 312 g/mol. The number of rotatable bonds is 2. The van der Waals surface area contributed by atoms with Gasteiger partial charge in [-0.3, -0.25) is 0 Å². The van der Waals surface area contributed by atoms with Gasteiger partial charge >= 0.3 is 0 Å². The molecular formula is C26H20. The van der Waals surface area contributed by atoms with E-state index in [-0.39, 0.29) is 0 Å². The molecule has 4 aromatic rings. The largest absolute Gasteiger partial charge is 0.0836 e. The predicted molar refractivity (Wildman–Crippen MR) is 112 cm³/mol. The van der Waals surface area contributed by atoms with E-state index in [1.807, 2.05) is 0 Å². The number of allylic oxidation sites excluding steroid dienone is 1. The van der Waals surface area contributed by atoms with Gasteiger partial charge in [0.25, 0.3) is 0 Å². The van der Waals surface area contributed by atoms with Crippen LogP contribution in [0.25, 0.3) is 39.1 Å². The van der Waals surface area contributed by atoms with Gasteiger partial charge in [0.05, 0.1) is 0 Å². The molecule has 0 saturated heterocycles. The maximum Gasteiger partial charge on any atom is -0.0177 e. The minimum atomic E-state index is 1.16. The van der Waals surface area contributed by atoms with Crippen LogP contribution in [0.5, 0.6) is 0 Å². The quantitative estimate of drug-likeness (QED) is 0.366. The Morgan fingerprint density at radius 1 is 0.538 bits per heavy atom. The lowest BCUT2D eigenvalue weighted by Gasteiger charge is -2.13. The van der Waals surface area contributed by atoms with Crippen molar-refractivity contribution in [2.45, 2.75) is 12.8 Å². The Bertz CT molecular complexity index is 1130. The standard InChI is InChI=1S/C26H20/c1-3-8-21-16-25(14-12-19(21)6-1)23-10-5-11-24(18-23)26-15-13-20-7-2-4-9-22(20)17-26/h1,3-6,8-18H,2,7H2. The van der Waals surface area contributed by atoms with E-state index in [9.17, 15) is 0 Å². The molecule has 0 amide bonds. The number of fused-ring (bicyclic) bond motifs is 2. The molecule has 0 saturated carbocycles. The fourth-order valence-electron chi connectivity index (χ4n) is 3.85. The highest BCUT2D eigenvalue weighted by molar-refractivity contribution is 5.88. The molecule has 0 spiro atoms. The van der Waals surface area contributed by atoms with Crippen LogP contribution >= 0.6 is 0 Å². The molecule has 0 N–H and O–H groups in total. The smallest absolute Gasteiger partial charge is 0.0177 e. The highest BCUT2D eigenvalue weighted by Crippen LogP contribution is 2.31.